The molecule has 0 spiro atoms. The Morgan fingerprint density at radius 2 is 2.04 bits per heavy atom. The van der Waals surface area contributed by atoms with Crippen molar-refractivity contribution in [1.82, 2.24) is 9.88 Å². The van der Waals surface area contributed by atoms with E-state index in [1.807, 2.05) is 12.1 Å². The molecule has 0 unspecified atom stereocenters. The first-order valence-electron chi connectivity index (χ1n) is 8.24. The molecule has 126 valence electrons. The van der Waals surface area contributed by atoms with Crippen LogP contribution in [0.25, 0.3) is 0 Å². The minimum Gasteiger partial charge on any atom is -0.464 e. The van der Waals surface area contributed by atoms with E-state index in [9.17, 15) is 4.79 Å². The van der Waals surface area contributed by atoms with Gasteiger partial charge in [0.05, 0.1) is 11.6 Å². The van der Waals surface area contributed by atoms with Gasteiger partial charge in [-0.05, 0) is 49.4 Å². The lowest BCUT2D eigenvalue weighted by atomic mass is 10.2. The van der Waals surface area contributed by atoms with Crippen LogP contribution in [-0.4, -0.2) is 21.8 Å². The van der Waals surface area contributed by atoms with E-state index in [1.165, 1.54) is 6.42 Å². The van der Waals surface area contributed by atoms with E-state index < -0.39 is 0 Å². The largest absolute Gasteiger partial charge is 0.464 e. The van der Waals surface area contributed by atoms with Gasteiger partial charge in [0.25, 0.3) is 5.91 Å². The smallest absolute Gasteiger partial charge is 0.274 e. The number of carbonyl (C=O) groups excluding carboxylic acids is 1. The summed E-state index contributed by atoms with van der Waals surface area (Å²) in [5.74, 6) is 2.87. The molecule has 2 aromatic rings. The molecule has 2 fully saturated rings. The number of rotatable bonds is 5. The van der Waals surface area contributed by atoms with E-state index in [0.717, 1.165) is 24.4 Å². The topological polar surface area (TPSA) is 46.3 Å². The molecule has 24 heavy (non-hydrogen) atoms. The molecule has 0 saturated heterocycles. The number of aromatic nitrogens is 1. The van der Waals surface area contributed by atoms with E-state index >= 15 is 0 Å². The Hall–Kier alpha value is -1.52. The van der Waals surface area contributed by atoms with Crippen molar-refractivity contribution in [2.45, 2.75) is 44.7 Å². The van der Waals surface area contributed by atoms with Crippen molar-refractivity contribution >= 4 is 29.1 Å². The number of halogens is 2. The molecule has 0 aromatic carbocycles. The molecule has 1 amide bonds. The second-order valence-electron chi connectivity index (χ2n) is 6.75. The molecular weight excluding hydrogens is 347 g/mol. The average Bonchev–Trinajstić information content (AvgIpc) is 3.48. The molecular formula is C18H18Cl2N2O2. The third kappa shape index (κ3) is 3.17. The first-order chi connectivity index (χ1) is 11.5. The van der Waals surface area contributed by atoms with Crippen molar-refractivity contribution in [2.75, 3.05) is 0 Å². The van der Waals surface area contributed by atoms with Gasteiger partial charge < -0.3 is 9.32 Å². The average molecular weight is 365 g/mol. The molecule has 2 atom stereocenters. The van der Waals surface area contributed by atoms with E-state index in [-0.39, 0.29) is 22.8 Å². The highest BCUT2D eigenvalue weighted by molar-refractivity contribution is 6.34. The number of hydrogen-bond donors (Lipinski definition) is 0. The molecule has 4 rings (SSSR count). The van der Waals surface area contributed by atoms with Crippen molar-refractivity contribution in [3.63, 3.8) is 0 Å². The van der Waals surface area contributed by atoms with Crippen molar-refractivity contribution in [1.29, 1.82) is 0 Å². The molecule has 0 N–H and O–H groups in total. The fourth-order valence-electron chi connectivity index (χ4n) is 3.02. The minimum atomic E-state index is -0.192. The van der Waals surface area contributed by atoms with E-state index in [2.05, 4.69) is 11.9 Å². The van der Waals surface area contributed by atoms with Crippen molar-refractivity contribution in [3.8, 4) is 0 Å². The molecule has 2 saturated carbocycles. The van der Waals surface area contributed by atoms with Crippen molar-refractivity contribution in [2.24, 2.45) is 5.92 Å². The maximum Gasteiger partial charge on any atom is 0.274 e. The summed E-state index contributed by atoms with van der Waals surface area (Å²) in [5.41, 5.74) is 0.207. The number of hydrogen-bond acceptors (Lipinski definition) is 3. The standard InChI is InChI=1S/C18H18Cl2N2O2/c1-10-8-13(10)15-6-4-12(24-15)9-22(11-2-3-11)18(23)17-14(19)5-7-16(20)21-17/h4-7,10-11,13H,2-3,8-9H2,1H3/t10-,13-/m0/s1. The molecule has 2 aliphatic rings. The summed E-state index contributed by atoms with van der Waals surface area (Å²) in [4.78, 5) is 18.8. The van der Waals surface area contributed by atoms with Gasteiger partial charge in [-0.1, -0.05) is 30.1 Å². The van der Waals surface area contributed by atoms with Crippen LogP contribution in [0.5, 0.6) is 0 Å². The van der Waals surface area contributed by atoms with Crippen LogP contribution in [0.2, 0.25) is 10.2 Å². The monoisotopic (exact) mass is 364 g/mol. The number of pyridine rings is 1. The van der Waals surface area contributed by atoms with E-state index in [1.54, 1.807) is 17.0 Å². The summed E-state index contributed by atoms with van der Waals surface area (Å²) < 4.78 is 5.95. The zero-order chi connectivity index (χ0) is 16.8. The van der Waals surface area contributed by atoms with E-state index in [4.69, 9.17) is 27.6 Å². The third-order valence-electron chi connectivity index (χ3n) is 4.75. The molecule has 2 aromatic heterocycles. The summed E-state index contributed by atoms with van der Waals surface area (Å²) in [5, 5.41) is 0.587. The van der Waals surface area contributed by atoms with Gasteiger partial charge in [0.1, 0.15) is 22.4 Å². The molecule has 2 aliphatic carbocycles. The van der Waals surface area contributed by atoms with Crippen LogP contribution in [0.4, 0.5) is 0 Å². The predicted molar refractivity (Wildman–Crippen MR) is 92.4 cm³/mol. The van der Waals surface area contributed by atoms with Gasteiger partial charge in [0.2, 0.25) is 0 Å². The third-order valence-corrected chi connectivity index (χ3v) is 5.26. The first kappa shape index (κ1) is 16.0. The van der Waals surface area contributed by atoms with Gasteiger partial charge in [-0.25, -0.2) is 4.98 Å². The lowest BCUT2D eigenvalue weighted by Crippen LogP contribution is -2.33. The number of furan rings is 1. The second kappa shape index (κ2) is 6.08. The normalized spacial score (nSPS) is 22.5. The molecule has 2 heterocycles. The molecule has 6 heteroatoms. The van der Waals surface area contributed by atoms with Crippen LogP contribution < -0.4 is 0 Å². The van der Waals surface area contributed by atoms with Crippen LogP contribution in [0, 0.1) is 5.92 Å². The van der Waals surface area contributed by atoms with Gasteiger partial charge in [0.15, 0.2) is 0 Å². The highest BCUT2D eigenvalue weighted by Gasteiger charge is 2.38. The molecule has 0 radical (unpaired) electrons. The fraction of sp³-hybridized carbons (Fsp3) is 0.444. The molecule has 0 bridgehead atoms. The highest BCUT2D eigenvalue weighted by Crippen LogP contribution is 2.47. The molecule has 4 nitrogen and oxygen atoms in total. The van der Waals surface area contributed by atoms with Gasteiger partial charge in [-0.15, -0.1) is 0 Å². The van der Waals surface area contributed by atoms with Crippen molar-refractivity contribution < 1.29 is 9.21 Å². The number of nitrogens with zero attached hydrogens (tertiary/aromatic N) is 2. The Bertz CT molecular complexity index is 785. The van der Waals surface area contributed by atoms with Gasteiger partial charge in [-0.2, -0.15) is 0 Å². The van der Waals surface area contributed by atoms with Crippen LogP contribution in [0.1, 0.15) is 54.1 Å². The van der Waals surface area contributed by atoms with Crippen LogP contribution in [0.15, 0.2) is 28.7 Å². The SMILES string of the molecule is C[C@H]1C[C@@H]1c1ccc(CN(C(=O)c2nc(Cl)ccc2Cl)C2CC2)o1. The van der Waals surface area contributed by atoms with Crippen LogP contribution >= 0.6 is 23.2 Å². The summed E-state index contributed by atoms with van der Waals surface area (Å²) in [7, 11) is 0. The second-order valence-corrected chi connectivity index (χ2v) is 7.55. The zero-order valence-corrected chi connectivity index (χ0v) is 14.8. The summed E-state index contributed by atoms with van der Waals surface area (Å²) >= 11 is 12.1. The molecule has 0 aliphatic heterocycles. The van der Waals surface area contributed by atoms with Crippen LogP contribution in [0.3, 0.4) is 0 Å². The lowest BCUT2D eigenvalue weighted by Gasteiger charge is -2.21. The quantitative estimate of drug-likeness (QED) is 0.708. The summed E-state index contributed by atoms with van der Waals surface area (Å²) in [6.45, 7) is 2.66. The summed E-state index contributed by atoms with van der Waals surface area (Å²) in [6.07, 6.45) is 3.18. The maximum absolute atomic E-state index is 12.9. The maximum atomic E-state index is 12.9. The van der Waals surface area contributed by atoms with Crippen molar-refractivity contribution in [3.05, 3.63) is 51.7 Å². The highest BCUT2D eigenvalue weighted by atomic mass is 35.5. The Morgan fingerprint density at radius 1 is 1.29 bits per heavy atom. The summed E-state index contributed by atoms with van der Waals surface area (Å²) in [6, 6.07) is 7.41. The number of carbonyl (C=O) groups is 1. The predicted octanol–water partition coefficient (Wildman–Crippen LogP) is 4.91. The Balaban J connectivity index is 1.55. The number of amides is 1. The lowest BCUT2D eigenvalue weighted by molar-refractivity contribution is 0.0711. The Morgan fingerprint density at radius 3 is 2.71 bits per heavy atom. The Kier molecular flexibility index (Phi) is 4.05. The van der Waals surface area contributed by atoms with Crippen LogP contribution in [-0.2, 0) is 6.54 Å². The van der Waals surface area contributed by atoms with Gasteiger partial charge in [0, 0.05) is 12.0 Å². The first-order valence-corrected chi connectivity index (χ1v) is 9.00. The fourth-order valence-corrected chi connectivity index (χ4v) is 3.36. The minimum absolute atomic E-state index is 0.192. The van der Waals surface area contributed by atoms with Gasteiger partial charge >= 0.3 is 0 Å². The Labute approximate surface area is 150 Å². The zero-order valence-electron chi connectivity index (χ0n) is 13.3. The van der Waals surface area contributed by atoms with E-state index in [0.29, 0.717) is 23.4 Å². The van der Waals surface area contributed by atoms with Gasteiger partial charge in [-0.3, -0.25) is 4.79 Å².